The maximum absolute atomic E-state index is 12.0. The Labute approximate surface area is 137 Å². The Bertz CT molecular complexity index is 587. The number of rotatable bonds is 6. The lowest BCUT2D eigenvalue weighted by Crippen LogP contribution is -2.52. The molecular weight excluding hydrogens is 326 g/mol. The lowest BCUT2D eigenvalue weighted by atomic mass is 10.3. The molecule has 0 saturated carbocycles. The van der Waals surface area contributed by atoms with Gasteiger partial charge in [-0.1, -0.05) is 17.7 Å². The van der Waals surface area contributed by atoms with E-state index in [2.05, 4.69) is 4.90 Å². The van der Waals surface area contributed by atoms with Crippen LogP contribution in [-0.4, -0.2) is 75.4 Å². The molecule has 2 rings (SSSR count). The van der Waals surface area contributed by atoms with Gasteiger partial charge in [0.2, 0.25) is 0 Å². The van der Waals surface area contributed by atoms with Crippen LogP contribution in [0.2, 0.25) is 5.02 Å². The minimum atomic E-state index is -3.30. The minimum Gasteiger partial charge on any atom is -0.492 e. The molecule has 22 heavy (non-hydrogen) atoms. The Morgan fingerprint density at radius 3 is 2.50 bits per heavy atom. The van der Waals surface area contributed by atoms with Crippen molar-refractivity contribution >= 4 is 21.8 Å². The van der Waals surface area contributed by atoms with Crippen LogP contribution in [0.15, 0.2) is 24.3 Å². The van der Waals surface area contributed by atoms with Crippen molar-refractivity contribution < 1.29 is 13.2 Å². The molecule has 0 N–H and O–H groups in total. The first-order valence-corrected chi connectivity index (χ1v) is 8.95. The highest BCUT2D eigenvalue weighted by Crippen LogP contribution is 2.17. The Morgan fingerprint density at radius 2 is 1.91 bits per heavy atom. The summed E-state index contributed by atoms with van der Waals surface area (Å²) in [7, 11) is -0.185. The van der Waals surface area contributed by atoms with Crippen molar-refractivity contribution in [3.63, 3.8) is 0 Å². The van der Waals surface area contributed by atoms with E-state index in [0.29, 0.717) is 37.8 Å². The molecule has 0 radical (unpaired) electrons. The van der Waals surface area contributed by atoms with E-state index in [0.717, 1.165) is 12.3 Å². The zero-order valence-electron chi connectivity index (χ0n) is 12.9. The molecule has 0 aliphatic carbocycles. The van der Waals surface area contributed by atoms with Crippen molar-refractivity contribution in [2.45, 2.75) is 0 Å². The number of ether oxygens (including phenoxy) is 1. The zero-order chi connectivity index (χ0) is 16.2. The van der Waals surface area contributed by atoms with Gasteiger partial charge in [-0.15, -0.1) is 0 Å². The van der Waals surface area contributed by atoms with Crippen LogP contribution in [0.4, 0.5) is 0 Å². The van der Waals surface area contributed by atoms with E-state index in [4.69, 9.17) is 16.3 Å². The highest BCUT2D eigenvalue weighted by atomic mass is 35.5. The number of hydrogen-bond acceptors (Lipinski definition) is 4. The monoisotopic (exact) mass is 347 g/mol. The first-order valence-electron chi connectivity index (χ1n) is 7.18. The van der Waals surface area contributed by atoms with Crippen molar-refractivity contribution in [3.8, 4) is 5.75 Å². The molecule has 0 spiro atoms. The van der Waals surface area contributed by atoms with Crippen molar-refractivity contribution in [2.75, 3.05) is 53.4 Å². The minimum absolute atomic E-state index is 0.512. The normalized spacial score (nSPS) is 17.8. The number of piperazine rings is 1. The van der Waals surface area contributed by atoms with Gasteiger partial charge < -0.3 is 4.74 Å². The summed E-state index contributed by atoms with van der Waals surface area (Å²) in [5, 5.41) is 0.653. The largest absolute Gasteiger partial charge is 0.492 e. The predicted octanol–water partition coefficient (Wildman–Crippen LogP) is 1.14. The van der Waals surface area contributed by atoms with Crippen molar-refractivity contribution in [2.24, 2.45) is 0 Å². The van der Waals surface area contributed by atoms with Gasteiger partial charge in [0.15, 0.2) is 0 Å². The summed E-state index contributed by atoms with van der Waals surface area (Å²) in [6.07, 6.45) is 0. The number of benzene rings is 1. The highest BCUT2D eigenvalue weighted by Gasteiger charge is 2.28. The molecule has 0 atom stereocenters. The van der Waals surface area contributed by atoms with Crippen LogP contribution < -0.4 is 4.74 Å². The van der Waals surface area contributed by atoms with E-state index in [1.807, 2.05) is 12.1 Å². The molecule has 1 aliphatic rings. The van der Waals surface area contributed by atoms with Crippen LogP contribution in [0.5, 0.6) is 5.75 Å². The van der Waals surface area contributed by atoms with E-state index < -0.39 is 10.2 Å². The highest BCUT2D eigenvalue weighted by molar-refractivity contribution is 7.86. The van der Waals surface area contributed by atoms with Crippen LogP contribution in [-0.2, 0) is 10.2 Å². The molecule has 1 fully saturated rings. The standard InChI is InChI=1S/C14H22ClN3O3S/c1-16(2)22(19,20)18-8-6-17(7-9-18)10-11-21-14-5-3-4-13(15)12-14/h3-5,12H,6-11H2,1-2H3. The summed E-state index contributed by atoms with van der Waals surface area (Å²) in [4.78, 5) is 2.20. The smallest absolute Gasteiger partial charge is 0.281 e. The van der Waals surface area contributed by atoms with Crippen LogP contribution in [0.25, 0.3) is 0 Å². The molecule has 1 aliphatic heterocycles. The third kappa shape index (κ3) is 4.57. The molecule has 1 heterocycles. The molecule has 1 saturated heterocycles. The summed E-state index contributed by atoms with van der Waals surface area (Å²) in [6, 6.07) is 7.30. The van der Waals surface area contributed by atoms with Gasteiger partial charge >= 0.3 is 0 Å². The molecule has 0 aromatic heterocycles. The van der Waals surface area contributed by atoms with Crippen LogP contribution in [0.3, 0.4) is 0 Å². The second-order valence-corrected chi connectivity index (χ2v) is 7.92. The molecule has 1 aromatic rings. The van der Waals surface area contributed by atoms with Gasteiger partial charge in [0.05, 0.1) is 0 Å². The Kier molecular flexibility index (Phi) is 6.05. The summed E-state index contributed by atoms with van der Waals surface area (Å²) in [6.45, 7) is 3.77. The topological polar surface area (TPSA) is 53.1 Å². The molecule has 0 amide bonds. The van der Waals surface area contributed by atoms with Crippen molar-refractivity contribution in [3.05, 3.63) is 29.3 Å². The fraction of sp³-hybridized carbons (Fsp3) is 0.571. The van der Waals surface area contributed by atoms with Crippen molar-refractivity contribution in [1.82, 2.24) is 13.5 Å². The second kappa shape index (κ2) is 7.61. The Morgan fingerprint density at radius 1 is 1.23 bits per heavy atom. The third-order valence-corrected chi connectivity index (χ3v) is 5.77. The third-order valence-electron chi connectivity index (χ3n) is 3.59. The maximum atomic E-state index is 12.0. The first kappa shape index (κ1) is 17.5. The summed E-state index contributed by atoms with van der Waals surface area (Å²) in [5.74, 6) is 0.751. The van der Waals surface area contributed by atoms with Gasteiger partial charge in [-0.25, -0.2) is 0 Å². The van der Waals surface area contributed by atoms with Crippen LogP contribution in [0, 0.1) is 0 Å². The van der Waals surface area contributed by atoms with Gasteiger partial charge in [0.25, 0.3) is 10.2 Å². The average Bonchev–Trinajstić information content (AvgIpc) is 2.48. The molecule has 8 heteroatoms. The fourth-order valence-corrected chi connectivity index (χ4v) is 3.53. The molecule has 1 aromatic carbocycles. The van der Waals surface area contributed by atoms with E-state index in [1.54, 1.807) is 26.2 Å². The number of hydrogen-bond donors (Lipinski definition) is 0. The Hall–Kier alpha value is -0.860. The predicted molar refractivity (Wildman–Crippen MR) is 87.6 cm³/mol. The molecule has 124 valence electrons. The maximum Gasteiger partial charge on any atom is 0.281 e. The summed E-state index contributed by atoms with van der Waals surface area (Å²) < 4.78 is 32.5. The van der Waals surface area contributed by atoms with Gasteiger partial charge in [-0.05, 0) is 18.2 Å². The van der Waals surface area contributed by atoms with Crippen LogP contribution >= 0.6 is 11.6 Å². The lowest BCUT2D eigenvalue weighted by Gasteiger charge is -2.34. The van der Waals surface area contributed by atoms with Gasteiger partial charge in [0.1, 0.15) is 12.4 Å². The van der Waals surface area contributed by atoms with E-state index in [-0.39, 0.29) is 0 Å². The molecular formula is C14H22ClN3O3S. The lowest BCUT2D eigenvalue weighted by molar-refractivity contribution is 0.156. The molecule has 0 unspecified atom stereocenters. The number of nitrogens with zero attached hydrogens (tertiary/aromatic N) is 3. The van der Waals surface area contributed by atoms with Gasteiger partial charge in [-0.2, -0.15) is 17.0 Å². The fourth-order valence-electron chi connectivity index (χ4n) is 2.26. The van der Waals surface area contributed by atoms with E-state index >= 15 is 0 Å². The summed E-state index contributed by atoms with van der Waals surface area (Å²) in [5.41, 5.74) is 0. The second-order valence-electron chi connectivity index (χ2n) is 5.34. The quantitative estimate of drug-likeness (QED) is 0.774. The van der Waals surface area contributed by atoms with Crippen molar-refractivity contribution in [1.29, 1.82) is 0 Å². The summed E-state index contributed by atoms with van der Waals surface area (Å²) >= 11 is 5.90. The van der Waals surface area contributed by atoms with Gasteiger partial charge in [0, 0.05) is 51.8 Å². The first-order chi connectivity index (χ1) is 10.4. The SMILES string of the molecule is CN(C)S(=O)(=O)N1CCN(CCOc2cccc(Cl)c2)CC1. The molecule has 0 bridgehead atoms. The number of halogens is 1. The van der Waals surface area contributed by atoms with Crippen LogP contribution in [0.1, 0.15) is 0 Å². The van der Waals surface area contributed by atoms with E-state index in [9.17, 15) is 8.42 Å². The Balaban J connectivity index is 1.74. The van der Waals surface area contributed by atoms with Gasteiger partial charge in [-0.3, -0.25) is 4.90 Å². The molecule has 6 nitrogen and oxygen atoms in total. The average molecular weight is 348 g/mol. The zero-order valence-corrected chi connectivity index (χ0v) is 14.5. The van der Waals surface area contributed by atoms with E-state index in [1.165, 1.54) is 8.61 Å².